The van der Waals surface area contributed by atoms with E-state index >= 15 is 0 Å². The zero-order chi connectivity index (χ0) is 23.3. The quantitative estimate of drug-likeness (QED) is 0.143. The molecule has 3 heteroatoms. The SMILES string of the molecule is CCCCCCCCCCCCCCCCCCc1ccc(C(=O)CCCC(=O)O)cc1. The zero-order valence-electron chi connectivity index (χ0n) is 20.7. The summed E-state index contributed by atoms with van der Waals surface area (Å²) in [5, 5.41) is 8.66. The first-order valence-corrected chi connectivity index (χ1v) is 13.5. The molecule has 32 heavy (non-hydrogen) atoms. The molecule has 0 unspecified atom stereocenters. The van der Waals surface area contributed by atoms with Gasteiger partial charge in [0, 0.05) is 18.4 Å². The van der Waals surface area contributed by atoms with Crippen LogP contribution in [0.4, 0.5) is 0 Å². The first kappa shape index (κ1) is 28.4. The summed E-state index contributed by atoms with van der Waals surface area (Å²) < 4.78 is 0. The first-order valence-electron chi connectivity index (χ1n) is 13.5. The van der Waals surface area contributed by atoms with Gasteiger partial charge in [-0.15, -0.1) is 0 Å². The van der Waals surface area contributed by atoms with Gasteiger partial charge in [-0.05, 0) is 24.8 Å². The molecule has 0 saturated heterocycles. The summed E-state index contributed by atoms with van der Waals surface area (Å²) in [4.78, 5) is 22.6. The molecule has 0 atom stereocenters. The van der Waals surface area contributed by atoms with Crippen molar-refractivity contribution >= 4 is 11.8 Å². The molecule has 0 aliphatic carbocycles. The van der Waals surface area contributed by atoms with Gasteiger partial charge in [-0.3, -0.25) is 9.59 Å². The third kappa shape index (κ3) is 16.1. The van der Waals surface area contributed by atoms with Crippen molar-refractivity contribution in [3.05, 3.63) is 35.4 Å². The number of carbonyl (C=O) groups excluding carboxylic acids is 1. The summed E-state index contributed by atoms with van der Waals surface area (Å²) in [7, 11) is 0. The number of carbonyl (C=O) groups is 2. The van der Waals surface area contributed by atoms with Crippen molar-refractivity contribution in [3.8, 4) is 0 Å². The highest BCUT2D eigenvalue weighted by molar-refractivity contribution is 5.96. The van der Waals surface area contributed by atoms with Crippen LogP contribution in [-0.4, -0.2) is 16.9 Å². The van der Waals surface area contributed by atoms with Crippen molar-refractivity contribution in [3.63, 3.8) is 0 Å². The summed E-state index contributed by atoms with van der Waals surface area (Å²) in [6.07, 6.45) is 24.0. The molecule has 0 heterocycles. The number of rotatable bonds is 22. The zero-order valence-corrected chi connectivity index (χ0v) is 20.7. The van der Waals surface area contributed by atoms with E-state index in [1.807, 2.05) is 12.1 Å². The molecule has 0 spiro atoms. The van der Waals surface area contributed by atoms with E-state index in [2.05, 4.69) is 19.1 Å². The van der Waals surface area contributed by atoms with E-state index in [4.69, 9.17) is 5.11 Å². The van der Waals surface area contributed by atoms with Crippen LogP contribution in [0.2, 0.25) is 0 Å². The van der Waals surface area contributed by atoms with Crippen molar-refractivity contribution in [2.75, 3.05) is 0 Å². The summed E-state index contributed by atoms with van der Waals surface area (Å²) in [5.41, 5.74) is 1.99. The fourth-order valence-corrected chi connectivity index (χ4v) is 4.28. The molecule has 0 fully saturated rings. The van der Waals surface area contributed by atoms with E-state index in [0.717, 1.165) is 6.42 Å². The van der Waals surface area contributed by atoms with Gasteiger partial charge in [-0.2, -0.15) is 0 Å². The summed E-state index contributed by atoms with van der Waals surface area (Å²) >= 11 is 0. The average Bonchev–Trinajstić information content (AvgIpc) is 2.79. The maximum absolute atomic E-state index is 12.1. The second-order valence-electron chi connectivity index (χ2n) is 9.42. The van der Waals surface area contributed by atoms with E-state index < -0.39 is 5.97 Å². The summed E-state index contributed by atoms with van der Waals surface area (Å²) in [6.45, 7) is 2.28. The number of hydrogen-bond acceptors (Lipinski definition) is 2. The Balaban J connectivity index is 1.92. The third-order valence-corrected chi connectivity index (χ3v) is 6.39. The number of carboxylic acids is 1. The first-order chi connectivity index (χ1) is 15.6. The minimum absolute atomic E-state index is 0.0419. The summed E-state index contributed by atoms with van der Waals surface area (Å²) in [5.74, 6) is -0.799. The largest absolute Gasteiger partial charge is 0.481 e. The van der Waals surface area contributed by atoms with Crippen molar-refractivity contribution in [1.29, 1.82) is 0 Å². The molecule has 1 aromatic carbocycles. The monoisotopic (exact) mass is 444 g/mol. The Morgan fingerprint density at radius 1 is 0.594 bits per heavy atom. The Kier molecular flexibility index (Phi) is 17.7. The normalized spacial score (nSPS) is 11.0. The number of carboxylic acid groups (broad SMARTS) is 1. The molecule has 1 aromatic rings. The van der Waals surface area contributed by atoms with Crippen LogP contribution in [0, 0.1) is 0 Å². The van der Waals surface area contributed by atoms with E-state index in [9.17, 15) is 9.59 Å². The molecule has 0 radical (unpaired) electrons. The van der Waals surface area contributed by atoms with Gasteiger partial charge < -0.3 is 5.11 Å². The fraction of sp³-hybridized carbons (Fsp3) is 0.724. The Hall–Kier alpha value is -1.64. The Bertz CT molecular complexity index is 591. The van der Waals surface area contributed by atoms with Crippen LogP contribution >= 0.6 is 0 Å². The van der Waals surface area contributed by atoms with E-state index in [-0.39, 0.29) is 12.2 Å². The van der Waals surface area contributed by atoms with Gasteiger partial charge in [-0.25, -0.2) is 0 Å². The van der Waals surface area contributed by atoms with Gasteiger partial charge in [0.2, 0.25) is 0 Å². The van der Waals surface area contributed by atoms with E-state index in [1.165, 1.54) is 108 Å². The Morgan fingerprint density at radius 2 is 1.03 bits per heavy atom. The van der Waals surface area contributed by atoms with Crippen LogP contribution in [-0.2, 0) is 11.2 Å². The molecule has 0 bridgehead atoms. The highest BCUT2D eigenvalue weighted by atomic mass is 16.4. The van der Waals surface area contributed by atoms with Gasteiger partial charge in [0.1, 0.15) is 0 Å². The number of benzene rings is 1. The van der Waals surface area contributed by atoms with Crippen molar-refractivity contribution in [1.82, 2.24) is 0 Å². The van der Waals surface area contributed by atoms with Gasteiger partial charge >= 0.3 is 5.97 Å². The topological polar surface area (TPSA) is 54.4 Å². The second kappa shape index (κ2) is 20.0. The third-order valence-electron chi connectivity index (χ3n) is 6.39. The second-order valence-corrected chi connectivity index (χ2v) is 9.42. The number of aryl methyl sites for hydroxylation is 1. The lowest BCUT2D eigenvalue weighted by Crippen LogP contribution is -2.02. The van der Waals surface area contributed by atoms with Crippen molar-refractivity contribution in [2.45, 2.75) is 135 Å². The van der Waals surface area contributed by atoms with E-state index in [0.29, 0.717) is 18.4 Å². The number of aliphatic carboxylic acids is 1. The van der Waals surface area contributed by atoms with Crippen LogP contribution in [0.25, 0.3) is 0 Å². The average molecular weight is 445 g/mol. The lowest BCUT2D eigenvalue weighted by atomic mass is 10.0. The maximum atomic E-state index is 12.1. The molecular formula is C29H48O3. The molecule has 0 aromatic heterocycles. The minimum atomic E-state index is -0.841. The molecule has 0 aliphatic rings. The molecule has 0 saturated carbocycles. The molecule has 182 valence electrons. The van der Waals surface area contributed by atoms with E-state index in [1.54, 1.807) is 0 Å². The number of ketones is 1. The van der Waals surface area contributed by atoms with Crippen LogP contribution in [0.1, 0.15) is 145 Å². The van der Waals surface area contributed by atoms with Gasteiger partial charge in [0.05, 0.1) is 0 Å². The maximum Gasteiger partial charge on any atom is 0.303 e. The molecule has 3 nitrogen and oxygen atoms in total. The van der Waals surface area contributed by atoms with Crippen molar-refractivity contribution in [2.24, 2.45) is 0 Å². The predicted molar refractivity (Wildman–Crippen MR) is 136 cm³/mol. The predicted octanol–water partition coefficient (Wildman–Crippen LogP) is 8.93. The Morgan fingerprint density at radius 3 is 1.47 bits per heavy atom. The minimum Gasteiger partial charge on any atom is -0.481 e. The van der Waals surface area contributed by atoms with Gasteiger partial charge in [0.15, 0.2) is 5.78 Å². The van der Waals surface area contributed by atoms with Gasteiger partial charge in [0.25, 0.3) is 0 Å². The van der Waals surface area contributed by atoms with Crippen LogP contribution in [0.5, 0.6) is 0 Å². The number of hydrogen-bond donors (Lipinski definition) is 1. The lowest BCUT2D eigenvalue weighted by Gasteiger charge is -2.05. The smallest absolute Gasteiger partial charge is 0.303 e. The summed E-state index contributed by atoms with van der Waals surface area (Å²) in [6, 6.07) is 7.89. The molecule has 0 aliphatic heterocycles. The Labute approximate surface area is 197 Å². The van der Waals surface area contributed by atoms with Gasteiger partial charge in [-0.1, -0.05) is 128 Å². The highest BCUT2D eigenvalue weighted by Crippen LogP contribution is 2.15. The molecule has 1 rings (SSSR count). The highest BCUT2D eigenvalue weighted by Gasteiger charge is 2.07. The lowest BCUT2D eigenvalue weighted by molar-refractivity contribution is -0.137. The molecular weight excluding hydrogens is 396 g/mol. The number of Topliss-reactive ketones (excluding diaryl/α,β-unsaturated/α-hetero) is 1. The van der Waals surface area contributed by atoms with Crippen LogP contribution < -0.4 is 0 Å². The van der Waals surface area contributed by atoms with Crippen LogP contribution in [0.3, 0.4) is 0 Å². The standard InChI is InChI=1S/C29H48O3/c1-2-3-4-5-6-7-8-9-10-11-12-13-14-15-16-17-19-26-22-24-27(25-23-26)28(30)20-18-21-29(31)32/h22-25H,2-21H2,1H3,(H,31,32). The van der Waals surface area contributed by atoms with Crippen molar-refractivity contribution < 1.29 is 14.7 Å². The fourth-order valence-electron chi connectivity index (χ4n) is 4.28. The molecule has 0 amide bonds. The number of unbranched alkanes of at least 4 members (excludes halogenated alkanes) is 15. The molecule has 1 N–H and O–H groups in total. The van der Waals surface area contributed by atoms with Crippen LogP contribution in [0.15, 0.2) is 24.3 Å².